The van der Waals surface area contributed by atoms with Gasteiger partial charge < -0.3 is 5.32 Å². The van der Waals surface area contributed by atoms with E-state index < -0.39 is 12.0 Å². The standard InChI is InChI=1S/C6H9F2NO.C3H8.C2H6/c1-4(10)5-2-6(7,8)3-9-5;1-3-2;1-2/h5,9H,2-3H2,1H3;3H2,1-2H3;1-2H3/t5-;;/m0../s1. The van der Waals surface area contributed by atoms with E-state index in [1.54, 1.807) is 0 Å². The molecule has 0 aromatic carbocycles. The van der Waals surface area contributed by atoms with Crippen molar-refractivity contribution in [3.63, 3.8) is 0 Å². The number of Topliss-reactive ketones (excluding diaryl/α,β-unsaturated/α-hetero) is 1. The van der Waals surface area contributed by atoms with E-state index in [1.807, 2.05) is 13.8 Å². The first-order valence-electron chi connectivity index (χ1n) is 5.54. The van der Waals surface area contributed by atoms with Crippen molar-refractivity contribution in [1.29, 1.82) is 0 Å². The quantitative estimate of drug-likeness (QED) is 0.740. The SMILES string of the molecule is CC.CC(=O)[C@@H]1CC(F)(F)CN1.CCC. The number of hydrogen-bond acceptors (Lipinski definition) is 2. The van der Waals surface area contributed by atoms with Crippen LogP contribution in [0.3, 0.4) is 0 Å². The number of hydrogen-bond donors (Lipinski definition) is 1. The summed E-state index contributed by atoms with van der Waals surface area (Å²) in [6.45, 7) is 9.20. The van der Waals surface area contributed by atoms with Gasteiger partial charge in [0.15, 0.2) is 0 Å². The number of nitrogens with one attached hydrogen (secondary N) is 1. The van der Waals surface area contributed by atoms with Crippen LogP contribution in [0.5, 0.6) is 0 Å². The van der Waals surface area contributed by atoms with Crippen LogP contribution < -0.4 is 5.32 Å². The molecule has 1 fully saturated rings. The lowest BCUT2D eigenvalue weighted by atomic mass is 10.1. The molecule has 1 N–H and O–H groups in total. The summed E-state index contributed by atoms with van der Waals surface area (Å²) in [7, 11) is 0. The number of ketones is 1. The Morgan fingerprint density at radius 3 is 1.93 bits per heavy atom. The van der Waals surface area contributed by atoms with Crippen molar-refractivity contribution < 1.29 is 13.6 Å². The van der Waals surface area contributed by atoms with Gasteiger partial charge in [0.2, 0.25) is 0 Å². The Hall–Kier alpha value is -0.510. The van der Waals surface area contributed by atoms with E-state index in [4.69, 9.17) is 0 Å². The lowest BCUT2D eigenvalue weighted by molar-refractivity contribution is -0.119. The molecule has 92 valence electrons. The van der Waals surface area contributed by atoms with Crippen LogP contribution in [0.4, 0.5) is 8.78 Å². The molecule has 1 rings (SSSR count). The first-order valence-corrected chi connectivity index (χ1v) is 5.54. The zero-order chi connectivity index (χ0) is 12.5. The lowest BCUT2D eigenvalue weighted by Crippen LogP contribution is -2.28. The summed E-state index contributed by atoms with van der Waals surface area (Å²) in [4.78, 5) is 10.5. The first-order chi connectivity index (χ1) is 6.93. The fourth-order valence-corrected chi connectivity index (χ4v) is 1.00. The Morgan fingerprint density at radius 1 is 1.40 bits per heavy atom. The van der Waals surface area contributed by atoms with E-state index in [-0.39, 0.29) is 18.7 Å². The third kappa shape index (κ3) is 8.48. The summed E-state index contributed by atoms with van der Waals surface area (Å²) in [5.74, 6) is -2.90. The molecule has 1 aliphatic rings. The van der Waals surface area contributed by atoms with Crippen LogP contribution in [0.15, 0.2) is 0 Å². The molecule has 0 unspecified atom stereocenters. The molecule has 0 aliphatic carbocycles. The normalized spacial score (nSPS) is 21.9. The van der Waals surface area contributed by atoms with Gasteiger partial charge in [0.05, 0.1) is 12.6 Å². The number of carbonyl (C=O) groups is 1. The predicted octanol–water partition coefficient (Wildman–Crippen LogP) is 3.02. The van der Waals surface area contributed by atoms with Gasteiger partial charge in [0.25, 0.3) is 5.92 Å². The van der Waals surface area contributed by atoms with Crippen molar-refractivity contribution in [2.24, 2.45) is 0 Å². The first kappa shape index (κ1) is 16.9. The molecule has 2 nitrogen and oxygen atoms in total. The van der Waals surface area contributed by atoms with Crippen LogP contribution >= 0.6 is 0 Å². The topological polar surface area (TPSA) is 29.1 Å². The number of halogens is 2. The lowest BCUT2D eigenvalue weighted by Gasteiger charge is -2.04. The van der Waals surface area contributed by atoms with Crippen LogP contribution in [0, 0.1) is 0 Å². The van der Waals surface area contributed by atoms with Gasteiger partial charge in [-0.2, -0.15) is 0 Å². The zero-order valence-electron chi connectivity index (χ0n) is 10.4. The van der Waals surface area contributed by atoms with Crippen molar-refractivity contribution in [2.45, 2.75) is 59.4 Å². The molecule has 0 bridgehead atoms. The minimum Gasteiger partial charge on any atom is -0.302 e. The Kier molecular flexibility index (Phi) is 9.88. The van der Waals surface area contributed by atoms with E-state index in [0.29, 0.717) is 0 Å². The van der Waals surface area contributed by atoms with Crippen LogP contribution in [0.2, 0.25) is 0 Å². The highest BCUT2D eigenvalue weighted by molar-refractivity contribution is 5.81. The zero-order valence-corrected chi connectivity index (χ0v) is 10.4. The molecular weight excluding hydrogens is 200 g/mol. The molecule has 1 saturated heterocycles. The smallest absolute Gasteiger partial charge is 0.262 e. The van der Waals surface area contributed by atoms with E-state index in [2.05, 4.69) is 19.2 Å². The summed E-state index contributed by atoms with van der Waals surface area (Å²) in [5.41, 5.74) is 0. The second-order valence-electron chi connectivity index (χ2n) is 3.31. The van der Waals surface area contributed by atoms with Crippen LogP contribution in [0.25, 0.3) is 0 Å². The summed E-state index contributed by atoms with van der Waals surface area (Å²) >= 11 is 0. The van der Waals surface area contributed by atoms with E-state index in [9.17, 15) is 13.6 Å². The highest BCUT2D eigenvalue weighted by Crippen LogP contribution is 2.25. The third-order valence-electron chi connectivity index (χ3n) is 1.60. The van der Waals surface area contributed by atoms with E-state index in [1.165, 1.54) is 13.3 Å². The second-order valence-corrected chi connectivity index (χ2v) is 3.31. The average Bonchev–Trinajstić information content (AvgIpc) is 2.51. The molecule has 15 heavy (non-hydrogen) atoms. The molecule has 1 aliphatic heterocycles. The van der Waals surface area contributed by atoms with Crippen molar-refractivity contribution >= 4 is 5.78 Å². The Bertz CT molecular complexity index is 172. The second kappa shape index (κ2) is 8.77. The van der Waals surface area contributed by atoms with E-state index >= 15 is 0 Å². The average molecular weight is 223 g/mol. The number of carbonyl (C=O) groups excluding carboxylic acids is 1. The summed E-state index contributed by atoms with van der Waals surface area (Å²) in [6, 6.07) is -0.630. The molecule has 0 amide bonds. The number of rotatable bonds is 1. The predicted molar refractivity (Wildman–Crippen MR) is 59.3 cm³/mol. The summed E-state index contributed by atoms with van der Waals surface area (Å²) < 4.78 is 24.7. The van der Waals surface area contributed by atoms with Crippen molar-refractivity contribution in [1.82, 2.24) is 5.32 Å². The molecule has 0 radical (unpaired) electrons. The Morgan fingerprint density at radius 2 is 1.80 bits per heavy atom. The Labute approximate surface area is 91.4 Å². The van der Waals surface area contributed by atoms with Gasteiger partial charge in [-0.15, -0.1) is 0 Å². The van der Waals surface area contributed by atoms with Crippen molar-refractivity contribution in [2.75, 3.05) is 6.54 Å². The molecular formula is C11H23F2NO. The largest absolute Gasteiger partial charge is 0.302 e. The minimum atomic E-state index is -2.68. The number of alkyl halides is 2. The van der Waals surface area contributed by atoms with Crippen molar-refractivity contribution in [3.8, 4) is 0 Å². The molecule has 1 heterocycles. The third-order valence-corrected chi connectivity index (χ3v) is 1.60. The maximum atomic E-state index is 12.3. The minimum absolute atomic E-state index is 0.211. The molecule has 0 aromatic rings. The molecule has 1 atom stereocenters. The molecule has 0 saturated carbocycles. The highest BCUT2D eigenvalue weighted by atomic mass is 19.3. The van der Waals surface area contributed by atoms with Gasteiger partial charge in [0.1, 0.15) is 5.78 Å². The van der Waals surface area contributed by atoms with Gasteiger partial charge in [-0.1, -0.05) is 34.1 Å². The van der Waals surface area contributed by atoms with Gasteiger partial charge in [-0.25, -0.2) is 8.78 Å². The molecule has 0 aromatic heterocycles. The van der Waals surface area contributed by atoms with Gasteiger partial charge in [-0.05, 0) is 6.92 Å². The van der Waals surface area contributed by atoms with Gasteiger partial charge >= 0.3 is 0 Å². The van der Waals surface area contributed by atoms with Crippen LogP contribution in [-0.4, -0.2) is 24.3 Å². The summed E-state index contributed by atoms with van der Waals surface area (Å²) in [5, 5.41) is 2.45. The van der Waals surface area contributed by atoms with Crippen LogP contribution in [-0.2, 0) is 4.79 Å². The monoisotopic (exact) mass is 223 g/mol. The maximum Gasteiger partial charge on any atom is 0.262 e. The fraction of sp³-hybridized carbons (Fsp3) is 0.909. The summed E-state index contributed by atoms with van der Waals surface area (Å²) in [6.07, 6.45) is 0.905. The highest BCUT2D eigenvalue weighted by Gasteiger charge is 2.40. The fourth-order valence-electron chi connectivity index (χ4n) is 1.00. The van der Waals surface area contributed by atoms with Crippen molar-refractivity contribution in [3.05, 3.63) is 0 Å². The molecule has 4 heteroatoms. The molecule has 0 spiro atoms. The van der Waals surface area contributed by atoms with Crippen LogP contribution in [0.1, 0.15) is 47.5 Å². The van der Waals surface area contributed by atoms with E-state index in [0.717, 1.165) is 0 Å². The maximum absolute atomic E-state index is 12.3. The Balaban J connectivity index is 0. The van der Waals surface area contributed by atoms with Gasteiger partial charge in [-0.3, -0.25) is 4.79 Å². The van der Waals surface area contributed by atoms with Gasteiger partial charge in [0, 0.05) is 6.42 Å².